The smallest absolute Gasteiger partial charge is 0.261 e. The van der Waals surface area contributed by atoms with Crippen LogP contribution in [0.5, 0.6) is 0 Å². The van der Waals surface area contributed by atoms with Gasteiger partial charge in [0.1, 0.15) is 0 Å². The molecule has 0 bridgehead atoms. The fraction of sp³-hybridized carbons (Fsp3) is 0.190. The maximum Gasteiger partial charge on any atom is 0.261 e. The molecule has 2 heterocycles. The summed E-state index contributed by atoms with van der Waals surface area (Å²) in [6.45, 7) is 3.04. The summed E-state index contributed by atoms with van der Waals surface area (Å²) in [6.07, 6.45) is 0. The zero-order chi connectivity index (χ0) is 19.8. The second-order valence-electron chi connectivity index (χ2n) is 6.89. The van der Waals surface area contributed by atoms with Gasteiger partial charge in [-0.3, -0.25) is 4.72 Å². The van der Waals surface area contributed by atoms with E-state index in [1.54, 1.807) is 29.5 Å². The third-order valence-corrected chi connectivity index (χ3v) is 7.40. The second-order valence-corrected chi connectivity index (χ2v) is 9.58. The number of benzene rings is 3. The third kappa shape index (κ3) is 3.66. The van der Waals surface area contributed by atoms with Crippen molar-refractivity contribution < 1.29 is 13.2 Å². The Kier molecular flexibility index (Phi) is 4.61. The summed E-state index contributed by atoms with van der Waals surface area (Å²) in [7, 11) is -3.68. The maximum atomic E-state index is 12.9. The Labute approximate surface area is 172 Å². The van der Waals surface area contributed by atoms with E-state index in [4.69, 9.17) is 4.74 Å². The van der Waals surface area contributed by atoms with Crippen LogP contribution >= 0.6 is 11.3 Å². The molecule has 3 aromatic carbocycles. The maximum absolute atomic E-state index is 12.9. The van der Waals surface area contributed by atoms with Crippen molar-refractivity contribution in [2.75, 3.05) is 35.9 Å². The van der Waals surface area contributed by atoms with Crippen LogP contribution in [0.15, 0.2) is 65.6 Å². The average Bonchev–Trinajstić information content (AvgIpc) is 3.17. The molecule has 0 radical (unpaired) electrons. The van der Waals surface area contributed by atoms with Gasteiger partial charge in [0.05, 0.1) is 34.0 Å². The standard InChI is InChI=1S/C21H19N3O3S2/c25-29(26,18-7-5-15-3-1-2-4-16(15)13-18)23-17-6-8-19-20(14-17)28-21(22-19)24-9-11-27-12-10-24/h1-8,13-14,23H,9-12H2. The minimum absolute atomic E-state index is 0.245. The lowest BCUT2D eigenvalue weighted by Gasteiger charge is -2.25. The van der Waals surface area contributed by atoms with Gasteiger partial charge in [-0.15, -0.1) is 0 Å². The van der Waals surface area contributed by atoms with E-state index in [1.165, 1.54) is 0 Å². The molecular weight excluding hydrogens is 406 g/mol. The summed E-state index contributed by atoms with van der Waals surface area (Å²) in [5.74, 6) is 0. The summed E-state index contributed by atoms with van der Waals surface area (Å²) in [6, 6.07) is 18.3. The van der Waals surface area contributed by atoms with Crippen LogP contribution in [0, 0.1) is 0 Å². The zero-order valence-corrected chi connectivity index (χ0v) is 17.2. The number of hydrogen-bond donors (Lipinski definition) is 1. The number of thiazole rings is 1. The topological polar surface area (TPSA) is 71.5 Å². The van der Waals surface area contributed by atoms with Gasteiger partial charge in [-0.05, 0) is 41.1 Å². The molecule has 0 spiro atoms. The Morgan fingerprint density at radius 1 is 0.966 bits per heavy atom. The fourth-order valence-electron chi connectivity index (χ4n) is 3.41. The van der Waals surface area contributed by atoms with Gasteiger partial charge in [0.15, 0.2) is 5.13 Å². The molecule has 0 aliphatic carbocycles. The molecule has 1 aromatic heterocycles. The van der Waals surface area contributed by atoms with Crippen LogP contribution in [0.25, 0.3) is 21.0 Å². The van der Waals surface area contributed by atoms with E-state index in [0.717, 1.165) is 39.2 Å². The number of morpholine rings is 1. The van der Waals surface area contributed by atoms with Crippen molar-refractivity contribution in [1.29, 1.82) is 0 Å². The number of aromatic nitrogens is 1. The first kappa shape index (κ1) is 18.4. The number of hydrogen-bond acceptors (Lipinski definition) is 6. The van der Waals surface area contributed by atoms with E-state index < -0.39 is 10.0 Å². The van der Waals surface area contributed by atoms with Crippen LogP contribution in [-0.4, -0.2) is 39.7 Å². The van der Waals surface area contributed by atoms with Gasteiger partial charge in [0.2, 0.25) is 0 Å². The number of ether oxygens (including phenoxy) is 1. The number of nitrogens with zero attached hydrogens (tertiary/aromatic N) is 2. The molecule has 1 saturated heterocycles. The number of nitrogens with one attached hydrogen (secondary N) is 1. The first-order chi connectivity index (χ1) is 14.1. The number of sulfonamides is 1. The van der Waals surface area contributed by atoms with E-state index in [0.29, 0.717) is 18.9 Å². The minimum atomic E-state index is -3.68. The van der Waals surface area contributed by atoms with Crippen molar-refractivity contribution in [1.82, 2.24) is 4.98 Å². The monoisotopic (exact) mass is 425 g/mol. The highest BCUT2D eigenvalue weighted by Crippen LogP contribution is 2.32. The van der Waals surface area contributed by atoms with Crippen molar-refractivity contribution in [3.63, 3.8) is 0 Å². The van der Waals surface area contributed by atoms with Gasteiger partial charge >= 0.3 is 0 Å². The summed E-state index contributed by atoms with van der Waals surface area (Å²) in [5.41, 5.74) is 1.40. The predicted molar refractivity (Wildman–Crippen MR) is 117 cm³/mol. The van der Waals surface area contributed by atoms with E-state index in [9.17, 15) is 8.42 Å². The number of rotatable bonds is 4. The first-order valence-electron chi connectivity index (χ1n) is 9.33. The molecule has 148 valence electrons. The van der Waals surface area contributed by atoms with Gasteiger partial charge in [-0.2, -0.15) is 0 Å². The van der Waals surface area contributed by atoms with Crippen LogP contribution in [0.3, 0.4) is 0 Å². The van der Waals surface area contributed by atoms with Crippen LogP contribution in [0.1, 0.15) is 0 Å². The molecule has 1 aliphatic heterocycles. The van der Waals surface area contributed by atoms with Crippen molar-refractivity contribution in [2.45, 2.75) is 4.90 Å². The van der Waals surface area contributed by atoms with E-state index >= 15 is 0 Å². The molecular formula is C21H19N3O3S2. The Bertz CT molecular complexity index is 1300. The molecule has 0 atom stereocenters. The molecule has 0 saturated carbocycles. The molecule has 1 aliphatic rings. The molecule has 29 heavy (non-hydrogen) atoms. The Hall–Kier alpha value is -2.68. The summed E-state index contributed by atoms with van der Waals surface area (Å²) < 4.78 is 34.8. The Morgan fingerprint density at radius 3 is 2.59 bits per heavy atom. The molecule has 8 heteroatoms. The van der Waals surface area contributed by atoms with Gasteiger partial charge in [0, 0.05) is 13.1 Å². The number of anilines is 2. The minimum Gasteiger partial charge on any atom is -0.378 e. The van der Waals surface area contributed by atoms with Gasteiger partial charge < -0.3 is 9.64 Å². The summed E-state index contributed by atoms with van der Waals surface area (Å²) >= 11 is 1.57. The zero-order valence-electron chi connectivity index (χ0n) is 15.5. The molecule has 6 nitrogen and oxygen atoms in total. The molecule has 0 amide bonds. The van der Waals surface area contributed by atoms with Crippen molar-refractivity contribution in [2.24, 2.45) is 0 Å². The summed E-state index contributed by atoms with van der Waals surface area (Å²) in [5, 5.41) is 2.84. The molecule has 0 unspecified atom stereocenters. The largest absolute Gasteiger partial charge is 0.378 e. The second kappa shape index (κ2) is 7.29. The Balaban J connectivity index is 1.43. The predicted octanol–water partition coefficient (Wildman–Crippen LogP) is 4.09. The first-order valence-corrected chi connectivity index (χ1v) is 11.6. The summed E-state index contributed by atoms with van der Waals surface area (Å²) in [4.78, 5) is 7.12. The van der Waals surface area contributed by atoms with Gasteiger partial charge in [-0.25, -0.2) is 13.4 Å². The van der Waals surface area contributed by atoms with Crippen molar-refractivity contribution in [3.05, 3.63) is 60.7 Å². The fourth-order valence-corrected chi connectivity index (χ4v) is 5.56. The molecule has 1 fully saturated rings. The van der Waals surface area contributed by atoms with Crippen molar-refractivity contribution >= 4 is 53.2 Å². The quantitative estimate of drug-likeness (QED) is 0.533. The van der Waals surface area contributed by atoms with E-state index in [2.05, 4.69) is 14.6 Å². The average molecular weight is 426 g/mol. The van der Waals surface area contributed by atoms with Crippen LogP contribution < -0.4 is 9.62 Å². The SMILES string of the molecule is O=S(=O)(Nc1ccc2nc(N3CCOCC3)sc2c1)c1ccc2ccccc2c1. The highest BCUT2D eigenvalue weighted by Gasteiger charge is 2.18. The van der Waals surface area contributed by atoms with Crippen LogP contribution in [0.2, 0.25) is 0 Å². The molecule has 1 N–H and O–H groups in total. The van der Waals surface area contributed by atoms with Crippen molar-refractivity contribution in [3.8, 4) is 0 Å². The Morgan fingerprint density at radius 2 is 1.76 bits per heavy atom. The van der Waals surface area contributed by atoms with Gasteiger partial charge in [-0.1, -0.05) is 41.7 Å². The normalized spacial score (nSPS) is 15.1. The van der Waals surface area contributed by atoms with E-state index in [1.807, 2.05) is 42.5 Å². The lowest BCUT2D eigenvalue weighted by molar-refractivity contribution is 0.122. The van der Waals surface area contributed by atoms with Crippen LogP contribution in [0.4, 0.5) is 10.8 Å². The highest BCUT2D eigenvalue weighted by atomic mass is 32.2. The molecule has 4 aromatic rings. The van der Waals surface area contributed by atoms with Gasteiger partial charge in [0.25, 0.3) is 10.0 Å². The third-order valence-electron chi connectivity index (χ3n) is 4.94. The number of fused-ring (bicyclic) bond motifs is 2. The lowest BCUT2D eigenvalue weighted by atomic mass is 10.1. The van der Waals surface area contributed by atoms with E-state index in [-0.39, 0.29) is 4.90 Å². The highest BCUT2D eigenvalue weighted by molar-refractivity contribution is 7.92. The van der Waals surface area contributed by atoms with Crippen LogP contribution in [-0.2, 0) is 14.8 Å². The lowest BCUT2D eigenvalue weighted by Crippen LogP contribution is -2.36. The molecule has 5 rings (SSSR count).